The van der Waals surface area contributed by atoms with Gasteiger partial charge in [0.25, 0.3) is 5.69 Å². The molecule has 0 bridgehead atoms. The smallest absolute Gasteiger partial charge is 0.293 e. The molecule has 0 aliphatic heterocycles. The first-order valence-corrected chi connectivity index (χ1v) is 7.72. The van der Waals surface area contributed by atoms with Gasteiger partial charge in [0, 0.05) is 17.9 Å². The van der Waals surface area contributed by atoms with Gasteiger partial charge in [0.1, 0.15) is 5.69 Å². The van der Waals surface area contributed by atoms with Crippen LogP contribution in [0, 0.1) is 10.1 Å². The highest BCUT2D eigenvalue weighted by molar-refractivity contribution is 7.90. The Labute approximate surface area is 112 Å². The summed E-state index contributed by atoms with van der Waals surface area (Å²) in [6.45, 7) is 5.80. The Balaban J connectivity index is 3.31. The van der Waals surface area contributed by atoms with Gasteiger partial charge < -0.3 is 5.32 Å². The van der Waals surface area contributed by atoms with E-state index in [4.69, 9.17) is 0 Å². The van der Waals surface area contributed by atoms with E-state index in [9.17, 15) is 18.5 Å². The normalized spacial score (nSPS) is 12.2. The maximum atomic E-state index is 11.4. The number of rotatable bonds is 5. The molecule has 0 saturated heterocycles. The summed E-state index contributed by atoms with van der Waals surface area (Å²) in [7, 11) is -3.46. The van der Waals surface area contributed by atoms with Gasteiger partial charge in [-0.1, -0.05) is 6.92 Å². The zero-order valence-corrected chi connectivity index (χ0v) is 12.2. The molecule has 1 rings (SSSR count). The van der Waals surface area contributed by atoms with E-state index >= 15 is 0 Å². The van der Waals surface area contributed by atoms with E-state index in [1.807, 2.05) is 20.8 Å². The second-order valence-electron chi connectivity index (χ2n) is 5.07. The molecule has 7 heteroatoms. The fraction of sp³-hybridized carbons (Fsp3) is 0.500. The van der Waals surface area contributed by atoms with Gasteiger partial charge in [0.05, 0.1) is 9.82 Å². The van der Waals surface area contributed by atoms with Crippen LogP contribution in [-0.2, 0) is 9.84 Å². The SMILES string of the molecule is CCC(C)(C)Nc1ccc(S(C)(=O)=O)cc1[N+](=O)[O-]. The summed E-state index contributed by atoms with van der Waals surface area (Å²) in [6, 6.07) is 3.89. The number of benzene rings is 1. The Morgan fingerprint density at radius 3 is 2.37 bits per heavy atom. The molecule has 106 valence electrons. The van der Waals surface area contributed by atoms with Crippen LogP contribution in [0.4, 0.5) is 11.4 Å². The molecule has 0 fully saturated rings. The van der Waals surface area contributed by atoms with Gasteiger partial charge in [-0.2, -0.15) is 0 Å². The van der Waals surface area contributed by atoms with Gasteiger partial charge >= 0.3 is 0 Å². The third-order valence-electron chi connectivity index (χ3n) is 2.95. The number of nitrogens with one attached hydrogen (secondary N) is 1. The zero-order valence-electron chi connectivity index (χ0n) is 11.4. The second kappa shape index (κ2) is 5.16. The molecule has 0 spiro atoms. The molecule has 1 N–H and O–H groups in total. The molecule has 1 aromatic carbocycles. The fourth-order valence-corrected chi connectivity index (χ4v) is 2.09. The summed E-state index contributed by atoms with van der Waals surface area (Å²) in [5.41, 5.74) is -0.217. The third-order valence-corrected chi connectivity index (χ3v) is 4.06. The second-order valence-corrected chi connectivity index (χ2v) is 7.09. The molecule has 1 aromatic rings. The first-order valence-electron chi connectivity index (χ1n) is 5.83. The van der Waals surface area contributed by atoms with Gasteiger partial charge in [0.2, 0.25) is 0 Å². The van der Waals surface area contributed by atoms with Crippen molar-refractivity contribution in [2.45, 2.75) is 37.6 Å². The maximum Gasteiger partial charge on any atom is 0.293 e. The molecular formula is C12H18N2O4S. The Kier molecular flexibility index (Phi) is 4.19. The zero-order chi connectivity index (χ0) is 14.8. The Hall–Kier alpha value is -1.63. The van der Waals surface area contributed by atoms with E-state index < -0.39 is 14.8 Å². The van der Waals surface area contributed by atoms with E-state index in [2.05, 4.69) is 5.32 Å². The van der Waals surface area contributed by atoms with E-state index in [-0.39, 0.29) is 16.1 Å². The molecule has 0 aliphatic carbocycles. The van der Waals surface area contributed by atoms with Crippen LogP contribution in [-0.4, -0.2) is 25.1 Å². The first-order chi connectivity index (χ1) is 8.57. The first kappa shape index (κ1) is 15.4. The molecule has 0 amide bonds. The molecule has 0 aromatic heterocycles. The molecule has 19 heavy (non-hydrogen) atoms. The number of sulfone groups is 1. The highest BCUT2D eigenvalue weighted by Gasteiger charge is 2.23. The Bertz CT molecular complexity index is 594. The monoisotopic (exact) mass is 286 g/mol. The van der Waals surface area contributed by atoms with Crippen LogP contribution in [0.2, 0.25) is 0 Å². The molecule has 0 aliphatic rings. The van der Waals surface area contributed by atoms with Crippen molar-refractivity contribution in [2.75, 3.05) is 11.6 Å². The number of anilines is 1. The lowest BCUT2D eigenvalue weighted by atomic mass is 10.0. The van der Waals surface area contributed by atoms with Gasteiger partial charge in [0.15, 0.2) is 9.84 Å². The highest BCUT2D eigenvalue weighted by atomic mass is 32.2. The summed E-state index contributed by atoms with van der Waals surface area (Å²) in [5, 5.41) is 14.1. The molecule has 0 heterocycles. The van der Waals surface area contributed by atoms with Gasteiger partial charge in [-0.05, 0) is 32.4 Å². The maximum absolute atomic E-state index is 11.4. The highest BCUT2D eigenvalue weighted by Crippen LogP contribution is 2.30. The number of hydrogen-bond donors (Lipinski definition) is 1. The van der Waals surface area contributed by atoms with Crippen LogP contribution in [0.3, 0.4) is 0 Å². The third kappa shape index (κ3) is 3.92. The largest absolute Gasteiger partial charge is 0.375 e. The lowest BCUT2D eigenvalue weighted by Gasteiger charge is -2.25. The van der Waals surface area contributed by atoms with Crippen molar-refractivity contribution in [1.29, 1.82) is 0 Å². The number of nitro benzene ring substituents is 1. The minimum atomic E-state index is -3.46. The molecular weight excluding hydrogens is 268 g/mol. The van der Waals surface area contributed by atoms with E-state index in [1.165, 1.54) is 12.1 Å². The molecule has 0 unspecified atom stereocenters. The number of nitrogens with zero attached hydrogens (tertiary/aromatic N) is 1. The standard InChI is InChI=1S/C12H18N2O4S/c1-5-12(2,3)13-10-7-6-9(19(4,17)18)8-11(10)14(15)16/h6-8,13H,5H2,1-4H3. The van der Waals surface area contributed by atoms with Crippen molar-refractivity contribution < 1.29 is 13.3 Å². The summed E-state index contributed by atoms with van der Waals surface area (Å²) >= 11 is 0. The summed E-state index contributed by atoms with van der Waals surface area (Å²) in [4.78, 5) is 10.4. The van der Waals surface area contributed by atoms with Crippen LogP contribution in [0.1, 0.15) is 27.2 Å². The molecule has 6 nitrogen and oxygen atoms in total. The van der Waals surface area contributed by atoms with Crippen molar-refractivity contribution in [3.63, 3.8) is 0 Å². The Morgan fingerprint density at radius 1 is 1.37 bits per heavy atom. The minimum absolute atomic E-state index is 0.0564. The lowest BCUT2D eigenvalue weighted by molar-refractivity contribution is -0.384. The van der Waals surface area contributed by atoms with Crippen molar-refractivity contribution in [2.24, 2.45) is 0 Å². The van der Waals surface area contributed by atoms with E-state index in [0.717, 1.165) is 18.7 Å². The van der Waals surface area contributed by atoms with Gasteiger partial charge in [-0.15, -0.1) is 0 Å². The predicted octanol–water partition coefficient (Wildman–Crippen LogP) is 2.60. The Morgan fingerprint density at radius 2 is 1.95 bits per heavy atom. The van der Waals surface area contributed by atoms with Crippen molar-refractivity contribution in [1.82, 2.24) is 0 Å². The minimum Gasteiger partial charge on any atom is -0.375 e. The average Bonchev–Trinajstić information content (AvgIpc) is 2.27. The van der Waals surface area contributed by atoms with Crippen molar-refractivity contribution >= 4 is 21.2 Å². The fourth-order valence-electron chi connectivity index (χ4n) is 1.45. The van der Waals surface area contributed by atoms with Gasteiger partial charge in [-0.25, -0.2) is 8.42 Å². The van der Waals surface area contributed by atoms with E-state index in [1.54, 1.807) is 0 Å². The summed E-state index contributed by atoms with van der Waals surface area (Å²) < 4.78 is 22.8. The molecule has 0 saturated carbocycles. The summed E-state index contributed by atoms with van der Waals surface area (Å²) in [5.74, 6) is 0. The average molecular weight is 286 g/mol. The van der Waals surface area contributed by atoms with Crippen molar-refractivity contribution in [3.05, 3.63) is 28.3 Å². The van der Waals surface area contributed by atoms with E-state index in [0.29, 0.717) is 5.69 Å². The number of nitro groups is 1. The quantitative estimate of drug-likeness (QED) is 0.663. The van der Waals surface area contributed by atoms with Crippen LogP contribution >= 0.6 is 0 Å². The summed E-state index contributed by atoms with van der Waals surface area (Å²) in [6.07, 6.45) is 1.80. The van der Waals surface area contributed by atoms with Crippen molar-refractivity contribution in [3.8, 4) is 0 Å². The molecule has 0 atom stereocenters. The van der Waals surface area contributed by atoms with Crippen LogP contribution < -0.4 is 5.32 Å². The van der Waals surface area contributed by atoms with Crippen LogP contribution in [0.5, 0.6) is 0 Å². The predicted molar refractivity (Wildman–Crippen MR) is 74.2 cm³/mol. The molecule has 0 radical (unpaired) electrons. The lowest BCUT2D eigenvalue weighted by Crippen LogP contribution is -2.30. The van der Waals surface area contributed by atoms with Gasteiger partial charge in [-0.3, -0.25) is 10.1 Å². The topological polar surface area (TPSA) is 89.3 Å². The number of hydrogen-bond acceptors (Lipinski definition) is 5. The van der Waals surface area contributed by atoms with Crippen LogP contribution in [0.25, 0.3) is 0 Å². The van der Waals surface area contributed by atoms with Crippen LogP contribution in [0.15, 0.2) is 23.1 Å².